The van der Waals surface area contributed by atoms with Crippen LogP contribution in [-0.4, -0.2) is 42.2 Å². The number of rotatable bonds is 7. The summed E-state index contributed by atoms with van der Waals surface area (Å²) in [6.45, 7) is 7.04. The van der Waals surface area contributed by atoms with Crippen molar-refractivity contribution in [2.75, 3.05) is 42.3 Å². The summed E-state index contributed by atoms with van der Waals surface area (Å²) >= 11 is 0. The minimum atomic E-state index is -4.63. The number of nitrogens with one attached hydrogen (secondary N) is 3. The topological polar surface area (TPSA) is 97.4 Å². The molecule has 4 rings (SSSR count). The number of ether oxygens (including phenoxy) is 2. The third kappa shape index (κ3) is 7.82. The minimum Gasteiger partial charge on any atom is -0.487 e. The number of aromatic nitrogens is 2. The zero-order valence-corrected chi connectivity index (χ0v) is 21.9. The number of nitrogens with zero attached hydrogens (tertiary/aromatic N) is 2. The molecule has 0 fully saturated rings. The van der Waals surface area contributed by atoms with Gasteiger partial charge in [0, 0.05) is 36.1 Å². The maximum Gasteiger partial charge on any atom is 0.419 e. The maximum atomic E-state index is 13.9. The van der Waals surface area contributed by atoms with E-state index in [-0.39, 0.29) is 24.0 Å². The van der Waals surface area contributed by atoms with Crippen LogP contribution in [0.1, 0.15) is 29.7 Å². The predicted molar refractivity (Wildman–Crippen MR) is 148 cm³/mol. The van der Waals surface area contributed by atoms with Gasteiger partial charge in [0.1, 0.15) is 12.4 Å². The number of hydrogen-bond acceptors (Lipinski definition) is 7. The second kappa shape index (κ2) is 13.1. The fourth-order valence-electron chi connectivity index (χ4n) is 4.15. The molecule has 0 radical (unpaired) electrons. The largest absolute Gasteiger partial charge is 0.487 e. The van der Waals surface area contributed by atoms with Gasteiger partial charge in [-0.3, -0.25) is 4.79 Å². The summed E-state index contributed by atoms with van der Waals surface area (Å²) in [5.74, 6) is -0.391. The van der Waals surface area contributed by atoms with Crippen LogP contribution >= 0.6 is 0 Å². The molecule has 1 amide bonds. The highest BCUT2D eigenvalue weighted by Crippen LogP contribution is 2.36. The highest BCUT2D eigenvalue weighted by atomic mass is 19.4. The van der Waals surface area contributed by atoms with E-state index >= 15 is 0 Å². The Labute approximate surface area is 230 Å². The second-order valence-electron chi connectivity index (χ2n) is 9.11. The average Bonchev–Trinajstić information content (AvgIpc) is 2.97. The van der Waals surface area contributed by atoms with Gasteiger partial charge in [0.25, 0.3) is 0 Å². The first-order valence-electron chi connectivity index (χ1n) is 12.7. The fourth-order valence-corrected chi connectivity index (χ4v) is 4.15. The van der Waals surface area contributed by atoms with E-state index in [1.54, 1.807) is 43.3 Å². The van der Waals surface area contributed by atoms with Gasteiger partial charge in [-0.25, -0.2) is 9.97 Å². The molecule has 1 aliphatic heterocycles. The van der Waals surface area contributed by atoms with Crippen molar-refractivity contribution in [2.45, 2.75) is 25.4 Å². The highest BCUT2D eigenvalue weighted by molar-refractivity contribution is 5.98. The van der Waals surface area contributed by atoms with Crippen molar-refractivity contribution >= 4 is 28.9 Å². The van der Waals surface area contributed by atoms with Crippen molar-refractivity contribution < 1.29 is 27.4 Å². The lowest BCUT2D eigenvalue weighted by atomic mass is 9.94. The van der Waals surface area contributed by atoms with Gasteiger partial charge in [0.15, 0.2) is 0 Å². The molecule has 0 bridgehead atoms. The molecule has 1 unspecified atom stereocenters. The summed E-state index contributed by atoms with van der Waals surface area (Å²) in [7, 11) is 0. The summed E-state index contributed by atoms with van der Waals surface area (Å²) < 4.78 is 53.1. The molecule has 11 heteroatoms. The van der Waals surface area contributed by atoms with Crippen LogP contribution in [0.2, 0.25) is 0 Å². The summed E-state index contributed by atoms with van der Waals surface area (Å²) in [5, 5.41) is 8.92. The lowest BCUT2D eigenvalue weighted by molar-refractivity contribution is -0.138. The molecule has 210 valence electrons. The summed E-state index contributed by atoms with van der Waals surface area (Å²) in [6.07, 6.45) is 1.30. The van der Waals surface area contributed by atoms with Crippen molar-refractivity contribution in [1.29, 1.82) is 0 Å². The van der Waals surface area contributed by atoms with Gasteiger partial charge in [-0.05, 0) is 48.4 Å². The molecule has 2 aromatic carbocycles. The van der Waals surface area contributed by atoms with Crippen LogP contribution in [0.25, 0.3) is 0 Å². The van der Waals surface area contributed by atoms with E-state index in [1.165, 1.54) is 0 Å². The number of fused-ring (bicyclic) bond motifs is 1. The molecule has 40 heavy (non-hydrogen) atoms. The smallest absolute Gasteiger partial charge is 0.419 e. The van der Waals surface area contributed by atoms with Crippen LogP contribution in [0.15, 0.2) is 73.5 Å². The van der Waals surface area contributed by atoms with Gasteiger partial charge in [-0.2, -0.15) is 13.2 Å². The van der Waals surface area contributed by atoms with Crippen LogP contribution in [-0.2, 0) is 22.1 Å². The van der Waals surface area contributed by atoms with Crippen LogP contribution in [0, 0.1) is 0 Å². The molecule has 1 aliphatic rings. The first-order valence-corrected chi connectivity index (χ1v) is 12.7. The van der Waals surface area contributed by atoms with Crippen molar-refractivity contribution in [3.8, 4) is 5.75 Å². The highest BCUT2D eigenvalue weighted by Gasteiger charge is 2.36. The Kier molecular flexibility index (Phi) is 9.39. The van der Waals surface area contributed by atoms with Crippen molar-refractivity contribution in [3.05, 3.63) is 90.3 Å². The lowest BCUT2D eigenvalue weighted by Gasteiger charge is -2.19. The SMILES string of the molecule is C=CC(=O)Nc1cccc(CC(C)c2nc(Nc3ccc4c(c3)OC/C=C/COCCN4)ncc2C(F)(F)F)c1. The van der Waals surface area contributed by atoms with Gasteiger partial charge in [0.2, 0.25) is 11.9 Å². The standard InChI is InChI=1S/C29H30F3N5O3/c1-3-26(38)35-21-8-6-7-20(16-21)15-19(2)27-23(29(30,31)32)18-34-28(37-27)36-22-9-10-24-25(17-22)40-13-5-4-12-39-14-11-33-24/h3-10,16-19,33H,1,11-15H2,2H3,(H,35,38)(H,34,36,37)/b5-4+. The fraction of sp³-hybridized carbons (Fsp3) is 0.276. The van der Waals surface area contributed by atoms with Crippen LogP contribution in [0.4, 0.5) is 36.2 Å². The molecule has 8 nitrogen and oxygen atoms in total. The number of hydrogen-bond donors (Lipinski definition) is 3. The Balaban J connectivity index is 1.58. The van der Waals surface area contributed by atoms with E-state index in [9.17, 15) is 18.0 Å². The van der Waals surface area contributed by atoms with Crippen molar-refractivity contribution in [2.24, 2.45) is 0 Å². The Hall–Kier alpha value is -4.38. The first kappa shape index (κ1) is 28.6. The third-order valence-corrected chi connectivity index (χ3v) is 6.03. The van der Waals surface area contributed by atoms with Crippen LogP contribution < -0.4 is 20.7 Å². The molecule has 0 spiro atoms. The zero-order chi connectivity index (χ0) is 28.5. The van der Waals surface area contributed by atoms with E-state index in [0.29, 0.717) is 43.5 Å². The van der Waals surface area contributed by atoms with E-state index in [4.69, 9.17) is 9.47 Å². The Morgan fingerprint density at radius 3 is 2.80 bits per heavy atom. The van der Waals surface area contributed by atoms with Gasteiger partial charge >= 0.3 is 6.18 Å². The average molecular weight is 554 g/mol. The molecule has 3 N–H and O–H groups in total. The molecule has 0 aliphatic carbocycles. The molecule has 0 saturated carbocycles. The van der Waals surface area contributed by atoms with E-state index in [1.807, 2.05) is 18.2 Å². The molecule has 0 saturated heterocycles. The van der Waals surface area contributed by atoms with Crippen molar-refractivity contribution in [3.63, 3.8) is 0 Å². The number of carbonyl (C=O) groups excluding carboxylic acids is 1. The van der Waals surface area contributed by atoms with Crippen LogP contribution in [0.5, 0.6) is 5.75 Å². The number of halogens is 3. The number of anilines is 4. The number of benzene rings is 2. The molecular weight excluding hydrogens is 523 g/mol. The Morgan fingerprint density at radius 1 is 1.18 bits per heavy atom. The monoisotopic (exact) mass is 553 g/mol. The molecule has 1 atom stereocenters. The number of carbonyl (C=O) groups is 1. The van der Waals surface area contributed by atoms with Gasteiger partial charge in [-0.15, -0.1) is 0 Å². The zero-order valence-electron chi connectivity index (χ0n) is 21.9. The van der Waals surface area contributed by atoms with E-state index in [2.05, 4.69) is 32.5 Å². The van der Waals surface area contributed by atoms with Gasteiger partial charge in [-0.1, -0.05) is 31.7 Å². The second-order valence-corrected chi connectivity index (χ2v) is 9.11. The molecular formula is C29H30F3N5O3. The maximum absolute atomic E-state index is 13.9. The first-order chi connectivity index (χ1) is 19.2. The molecule has 3 aromatic rings. The van der Waals surface area contributed by atoms with Gasteiger partial charge in [0.05, 0.1) is 30.2 Å². The number of amides is 1. The van der Waals surface area contributed by atoms with Crippen LogP contribution in [0.3, 0.4) is 0 Å². The third-order valence-electron chi connectivity index (χ3n) is 6.03. The quantitative estimate of drug-likeness (QED) is 0.241. The van der Waals surface area contributed by atoms with E-state index < -0.39 is 17.7 Å². The summed E-state index contributed by atoms with van der Waals surface area (Å²) in [5.41, 5.74) is 1.55. The molecule has 1 aromatic heterocycles. The predicted octanol–water partition coefficient (Wildman–Crippen LogP) is 6.09. The summed E-state index contributed by atoms with van der Waals surface area (Å²) in [6, 6.07) is 12.2. The molecule has 2 heterocycles. The van der Waals surface area contributed by atoms with E-state index in [0.717, 1.165) is 23.5 Å². The Morgan fingerprint density at radius 2 is 2.00 bits per heavy atom. The minimum absolute atomic E-state index is 0.0275. The summed E-state index contributed by atoms with van der Waals surface area (Å²) in [4.78, 5) is 19.9. The van der Waals surface area contributed by atoms with Crippen molar-refractivity contribution in [1.82, 2.24) is 9.97 Å². The number of alkyl halides is 3. The normalized spacial score (nSPS) is 15.3. The lowest BCUT2D eigenvalue weighted by Crippen LogP contribution is -2.16. The Bertz CT molecular complexity index is 1380. The van der Waals surface area contributed by atoms with Gasteiger partial charge < -0.3 is 25.4 Å².